The first-order valence-electron chi connectivity index (χ1n) is 5.99. The van der Waals surface area contributed by atoms with Crippen LogP contribution in [0.15, 0.2) is 10.8 Å². The average molecular weight is 314 g/mol. The molecule has 0 unspecified atom stereocenters. The van der Waals surface area contributed by atoms with Gasteiger partial charge in [-0.1, -0.05) is 0 Å². The van der Waals surface area contributed by atoms with Crippen molar-refractivity contribution in [2.24, 2.45) is 0 Å². The van der Waals surface area contributed by atoms with Crippen LogP contribution < -0.4 is 5.32 Å². The predicted octanol–water partition coefficient (Wildman–Crippen LogP) is 3.40. The maximum Gasteiger partial charge on any atom is 0.233 e. The predicted molar refractivity (Wildman–Crippen MR) is 78.1 cm³/mol. The van der Waals surface area contributed by atoms with Crippen LogP contribution in [0.25, 0.3) is 0 Å². The van der Waals surface area contributed by atoms with Gasteiger partial charge < -0.3 is 5.32 Å². The molecule has 2 heterocycles. The van der Waals surface area contributed by atoms with E-state index < -0.39 is 0 Å². The van der Waals surface area contributed by atoms with Crippen LogP contribution in [-0.2, 0) is 17.1 Å². The topological polar surface area (TPSA) is 54.9 Å². The maximum atomic E-state index is 11.9. The number of alkyl halides is 1. The van der Waals surface area contributed by atoms with Gasteiger partial charge in [0.25, 0.3) is 0 Å². The highest BCUT2D eigenvalue weighted by Gasteiger charge is 2.26. The van der Waals surface area contributed by atoms with Gasteiger partial charge in [-0.05, 0) is 12.8 Å². The molecule has 0 bridgehead atoms. The third-order valence-corrected chi connectivity index (χ3v) is 4.76. The van der Waals surface area contributed by atoms with Crippen LogP contribution in [0, 0.1) is 0 Å². The van der Waals surface area contributed by atoms with E-state index >= 15 is 0 Å². The van der Waals surface area contributed by atoms with Crippen molar-refractivity contribution >= 4 is 45.3 Å². The van der Waals surface area contributed by atoms with E-state index in [1.807, 2.05) is 10.8 Å². The smallest absolute Gasteiger partial charge is 0.233 e. The van der Waals surface area contributed by atoms with E-state index in [2.05, 4.69) is 15.3 Å². The Balaban J connectivity index is 1.57. The molecule has 0 radical (unpaired) electrons. The molecular formula is C12H12ClN3OS2. The first-order valence-corrected chi connectivity index (χ1v) is 8.28. The zero-order valence-corrected chi connectivity index (χ0v) is 12.4. The minimum Gasteiger partial charge on any atom is -0.302 e. The first-order chi connectivity index (χ1) is 9.24. The molecule has 3 rings (SSSR count). The van der Waals surface area contributed by atoms with Gasteiger partial charge in [0.2, 0.25) is 5.91 Å². The molecule has 0 saturated heterocycles. The van der Waals surface area contributed by atoms with Gasteiger partial charge in [-0.15, -0.1) is 34.3 Å². The second-order valence-electron chi connectivity index (χ2n) is 4.44. The van der Waals surface area contributed by atoms with Gasteiger partial charge in [0.15, 0.2) is 5.13 Å². The number of aromatic nitrogens is 2. The van der Waals surface area contributed by atoms with E-state index in [1.54, 1.807) is 0 Å². The SMILES string of the molecule is O=C(Cc1nc(CCl)cs1)Nc1nc(C2CC2)cs1. The molecule has 0 atom stereocenters. The van der Waals surface area contributed by atoms with Crippen LogP contribution in [0.5, 0.6) is 0 Å². The fraction of sp³-hybridized carbons (Fsp3) is 0.417. The number of anilines is 1. The Bertz CT molecular complexity index is 591. The van der Waals surface area contributed by atoms with E-state index in [0.717, 1.165) is 16.4 Å². The van der Waals surface area contributed by atoms with Gasteiger partial charge in [-0.3, -0.25) is 4.79 Å². The number of amides is 1. The van der Waals surface area contributed by atoms with Gasteiger partial charge in [0.1, 0.15) is 5.01 Å². The molecule has 7 heteroatoms. The molecule has 2 aromatic heterocycles. The Labute approximate surface area is 123 Å². The molecule has 1 N–H and O–H groups in total. The summed E-state index contributed by atoms with van der Waals surface area (Å²) in [6, 6.07) is 0. The summed E-state index contributed by atoms with van der Waals surface area (Å²) in [6.07, 6.45) is 2.72. The van der Waals surface area contributed by atoms with Crippen molar-refractivity contribution in [2.75, 3.05) is 5.32 Å². The van der Waals surface area contributed by atoms with Crippen molar-refractivity contribution in [1.29, 1.82) is 0 Å². The number of carbonyl (C=O) groups excluding carboxylic acids is 1. The monoisotopic (exact) mass is 313 g/mol. The van der Waals surface area contributed by atoms with Gasteiger partial charge in [-0.2, -0.15) is 0 Å². The van der Waals surface area contributed by atoms with E-state index in [-0.39, 0.29) is 12.3 Å². The van der Waals surface area contributed by atoms with Gasteiger partial charge >= 0.3 is 0 Å². The second kappa shape index (κ2) is 5.56. The van der Waals surface area contributed by atoms with Gasteiger partial charge in [0, 0.05) is 16.7 Å². The molecular weight excluding hydrogens is 302 g/mol. The number of nitrogens with zero attached hydrogens (tertiary/aromatic N) is 2. The van der Waals surface area contributed by atoms with Crippen LogP contribution in [0.3, 0.4) is 0 Å². The minimum atomic E-state index is -0.0767. The molecule has 0 spiro atoms. The van der Waals surface area contributed by atoms with Crippen molar-refractivity contribution in [3.8, 4) is 0 Å². The van der Waals surface area contributed by atoms with E-state index in [9.17, 15) is 4.79 Å². The van der Waals surface area contributed by atoms with E-state index in [0.29, 0.717) is 16.9 Å². The summed E-state index contributed by atoms with van der Waals surface area (Å²) in [5, 5.41) is 8.20. The standard InChI is InChI=1S/C12H12ClN3OS2/c13-4-8-5-18-11(14-8)3-10(17)16-12-15-9(6-19-12)7-1-2-7/h5-7H,1-4H2,(H,15,16,17). The normalized spacial score (nSPS) is 14.6. The summed E-state index contributed by atoms with van der Waals surface area (Å²) in [4.78, 5) is 20.5. The van der Waals surface area contributed by atoms with Gasteiger partial charge in [-0.25, -0.2) is 9.97 Å². The van der Waals surface area contributed by atoms with Crippen LogP contribution in [-0.4, -0.2) is 15.9 Å². The van der Waals surface area contributed by atoms with Crippen molar-refractivity contribution in [3.63, 3.8) is 0 Å². The number of rotatable bonds is 5. The largest absolute Gasteiger partial charge is 0.302 e. The highest BCUT2D eigenvalue weighted by Crippen LogP contribution is 2.40. The summed E-state index contributed by atoms with van der Waals surface area (Å²) < 4.78 is 0. The van der Waals surface area contributed by atoms with Crippen molar-refractivity contribution in [2.45, 2.75) is 31.1 Å². The first kappa shape index (κ1) is 13.0. The highest BCUT2D eigenvalue weighted by atomic mass is 35.5. The molecule has 4 nitrogen and oxygen atoms in total. The van der Waals surface area contributed by atoms with Crippen molar-refractivity contribution in [1.82, 2.24) is 9.97 Å². The summed E-state index contributed by atoms with van der Waals surface area (Å²) in [5.74, 6) is 0.925. The third kappa shape index (κ3) is 3.32. The lowest BCUT2D eigenvalue weighted by atomic mass is 10.3. The number of nitrogens with one attached hydrogen (secondary N) is 1. The summed E-state index contributed by atoms with van der Waals surface area (Å²) in [5.41, 5.74) is 1.93. The quantitative estimate of drug-likeness (QED) is 0.861. The van der Waals surface area contributed by atoms with Gasteiger partial charge in [0.05, 0.1) is 23.7 Å². The third-order valence-electron chi connectivity index (χ3n) is 2.81. The Morgan fingerprint density at radius 1 is 1.37 bits per heavy atom. The zero-order chi connectivity index (χ0) is 13.2. The number of carbonyl (C=O) groups is 1. The maximum absolute atomic E-state index is 11.9. The lowest BCUT2D eigenvalue weighted by Crippen LogP contribution is -2.14. The lowest BCUT2D eigenvalue weighted by molar-refractivity contribution is -0.115. The number of halogens is 1. The molecule has 1 fully saturated rings. The molecule has 1 saturated carbocycles. The highest BCUT2D eigenvalue weighted by molar-refractivity contribution is 7.14. The Morgan fingerprint density at radius 2 is 2.21 bits per heavy atom. The molecule has 2 aromatic rings. The summed E-state index contributed by atoms with van der Waals surface area (Å²) >= 11 is 8.63. The molecule has 0 aromatic carbocycles. The molecule has 100 valence electrons. The van der Waals surface area contributed by atoms with Crippen LogP contribution in [0.1, 0.15) is 35.2 Å². The minimum absolute atomic E-state index is 0.0767. The zero-order valence-electron chi connectivity index (χ0n) is 10.1. The Hall–Kier alpha value is -0.980. The van der Waals surface area contributed by atoms with Crippen molar-refractivity contribution in [3.05, 3.63) is 27.2 Å². The van der Waals surface area contributed by atoms with Crippen LogP contribution in [0.4, 0.5) is 5.13 Å². The summed E-state index contributed by atoms with van der Waals surface area (Å²) in [7, 11) is 0. The number of hydrogen-bond acceptors (Lipinski definition) is 5. The van der Waals surface area contributed by atoms with E-state index in [1.165, 1.54) is 35.5 Å². The fourth-order valence-corrected chi connectivity index (χ4v) is 3.53. The lowest BCUT2D eigenvalue weighted by Gasteiger charge is -1.98. The molecule has 1 amide bonds. The Kier molecular flexibility index (Phi) is 3.81. The average Bonchev–Trinajstić information content (AvgIpc) is 2.98. The fourth-order valence-electron chi connectivity index (χ4n) is 1.70. The molecule has 1 aliphatic carbocycles. The van der Waals surface area contributed by atoms with E-state index in [4.69, 9.17) is 11.6 Å². The van der Waals surface area contributed by atoms with Crippen molar-refractivity contribution < 1.29 is 4.79 Å². The second-order valence-corrected chi connectivity index (χ2v) is 6.51. The molecule has 0 aliphatic heterocycles. The number of thiazole rings is 2. The molecule has 19 heavy (non-hydrogen) atoms. The van der Waals surface area contributed by atoms with Crippen LogP contribution >= 0.6 is 34.3 Å². The molecule has 1 aliphatic rings. The van der Waals surface area contributed by atoms with Crippen LogP contribution in [0.2, 0.25) is 0 Å². The summed E-state index contributed by atoms with van der Waals surface area (Å²) in [6.45, 7) is 0. The Morgan fingerprint density at radius 3 is 2.89 bits per heavy atom. The number of hydrogen-bond donors (Lipinski definition) is 1.